The van der Waals surface area contributed by atoms with Crippen LogP contribution in [0.2, 0.25) is 5.02 Å². The highest BCUT2D eigenvalue weighted by molar-refractivity contribution is 6.33. The number of aromatic nitrogens is 3. The van der Waals surface area contributed by atoms with Crippen LogP contribution in [0.1, 0.15) is 12.0 Å². The summed E-state index contributed by atoms with van der Waals surface area (Å²) in [6, 6.07) is 18.9. The normalized spacial score (nSPS) is 22.4. The second-order valence-electron chi connectivity index (χ2n) is 8.33. The van der Waals surface area contributed by atoms with Crippen LogP contribution in [0.25, 0.3) is 33.5 Å². The third-order valence-electron chi connectivity index (χ3n) is 6.10. The van der Waals surface area contributed by atoms with Crippen LogP contribution in [0, 0.1) is 6.92 Å². The third kappa shape index (κ3) is 3.54. The number of pyridine rings is 1. The molecule has 0 bridgehead atoms. The molecule has 4 aromatic rings. The van der Waals surface area contributed by atoms with Gasteiger partial charge in [-0.25, -0.2) is 4.98 Å². The zero-order valence-electron chi connectivity index (χ0n) is 17.5. The van der Waals surface area contributed by atoms with Crippen molar-refractivity contribution in [3.8, 4) is 28.4 Å². The Bertz CT molecular complexity index is 1290. The number of imidazole rings is 1. The van der Waals surface area contributed by atoms with Crippen molar-refractivity contribution in [2.24, 2.45) is 0 Å². The summed E-state index contributed by atoms with van der Waals surface area (Å²) in [6.45, 7) is 3.30. The smallest absolute Gasteiger partial charge is 0.296 e. The summed E-state index contributed by atoms with van der Waals surface area (Å²) >= 11 is 6.58. The maximum Gasteiger partial charge on any atom is 0.296 e. The van der Waals surface area contributed by atoms with E-state index in [-0.39, 0.29) is 18.3 Å². The van der Waals surface area contributed by atoms with E-state index >= 15 is 0 Å². The lowest BCUT2D eigenvalue weighted by Gasteiger charge is -2.15. The highest BCUT2D eigenvalue weighted by atomic mass is 35.5. The average Bonchev–Trinajstić information content (AvgIpc) is 3.50. The Morgan fingerprint density at radius 3 is 2.69 bits per heavy atom. The Morgan fingerprint density at radius 1 is 1.00 bits per heavy atom. The molecule has 162 valence electrons. The largest absolute Gasteiger partial charge is 0.456 e. The molecule has 6 nitrogen and oxygen atoms in total. The van der Waals surface area contributed by atoms with E-state index in [0.717, 1.165) is 23.1 Å². The van der Waals surface area contributed by atoms with Gasteiger partial charge in [-0.2, -0.15) is 4.98 Å². The lowest BCUT2D eigenvalue weighted by molar-refractivity contribution is 0.0273. The molecule has 2 aliphatic rings. The predicted octanol–water partition coefficient (Wildman–Crippen LogP) is 5.19. The molecule has 0 spiro atoms. The van der Waals surface area contributed by atoms with E-state index in [4.69, 9.17) is 30.8 Å². The number of hydrogen-bond acceptors (Lipinski definition) is 5. The van der Waals surface area contributed by atoms with E-state index < -0.39 is 0 Å². The summed E-state index contributed by atoms with van der Waals surface area (Å²) in [5.41, 5.74) is 6.48. The summed E-state index contributed by atoms with van der Waals surface area (Å²) in [5, 5.41) is 0.555. The molecule has 2 aromatic carbocycles. The fraction of sp³-hybridized carbons (Fsp3) is 0.280. The first-order valence-electron chi connectivity index (χ1n) is 10.8. The van der Waals surface area contributed by atoms with Crippen molar-refractivity contribution in [2.45, 2.75) is 31.7 Å². The van der Waals surface area contributed by atoms with Gasteiger partial charge in [0.15, 0.2) is 11.8 Å². The number of nitrogens with zero attached hydrogens (tertiary/aromatic N) is 2. The van der Waals surface area contributed by atoms with E-state index in [1.54, 1.807) is 0 Å². The fourth-order valence-electron chi connectivity index (χ4n) is 4.47. The van der Waals surface area contributed by atoms with Crippen LogP contribution in [0.15, 0.2) is 54.6 Å². The van der Waals surface area contributed by atoms with Crippen LogP contribution >= 0.6 is 11.6 Å². The van der Waals surface area contributed by atoms with Gasteiger partial charge in [0.25, 0.3) is 6.01 Å². The highest BCUT2D eigenvalue weighted by Crippen LogP contribution is 2.33. The number of nitrogens with one attached hydrogen (secondary N) is 1. The van der Waals surface area contributed by atoms with Crippen molar-refractivity contribution >= 4 is 22.8 Å². The van der Waals surface area contributed by atoms with Gasteiger partial charge in [-0.15, -0.1) is 0 Å². The summed E-state index contributed by atoms with van der Waals surface area (Å²) in [6.07, 6.45) is 0.814. The maximum atomic E-state index is 6.58. The minimum absolute atomic E-state index is 0.0396. The van der Waals surface area contributed by atoms with Gasteiger partial charge >= 0.3 is 0 Å². The summed E-state index contributed by atoms with van der Waals surface area (Å²) in [7, 11) is 0. The Balaban J connectivity index is 1.27. The number of ether oxygens (including phenoxy) is 3. The Kier molecular flexibility index (Phi) is 4.86. The van der Waals surface area contributed by atoms with Gasteiger partial charge in [0.2, 0.25) is 0 Å². The minimum Gasteiger partial charge on any atom is -0.456 e. The molecule has 3 atom stereocenters. The zero-order valence-corrected chi connectivity index (χ0v) is 18.3. The van der Waals surface area contributed by atoms with E-state index in [0.29, 0.717) is 35.6 Å². The number of rotatable bonds is 4. The molecule has 1 N–H and O–H groups in total. The zero-order chi connectivity index (χ0) is 21.7. The van der Waals surface area contributed by atoms with Crippen molar-refractivity contribution in [2.75, 3.05) is 13.2 Å². The molecule has 2 aliphatic heterocycles. The molecule has 0 amide bonds. The Morgan fingerprint density at radius 2 is 1.84 bits per heavy atom. The molecule has 0 aliphatic carbocycles. The molecule has 0 radical (unpaired) electrons. The van der Waals surface area contributed by atoms with Gasteiger partial charge in [0.05, 0.1) is 28.9 Å². The van der Waals surface area contributed by atoms with Crippen LogP contribution in [0.5, 0.6) is 6.01 Å². The van der Waals surface area contributed by atoms with Crippen molar-refractivity contribution in [3.63, 3.8) is 0 Å². The second kappa shape index (κ2) is 7.89. The monoisotopic (exact) mass is 447 g/mol. The first kappa shape index (κ1) is 19.7. The van der Waals surface area contributed by atoms with Crippen LogP contribution < -0.4 is 4.74 Å². The molecule has 2 saturated heterocycles. The minimum atomic E-state index is -0.174. The van der Waals surface area contributed by atoms with Gasteiger partial charge in [0.1, 0.15) is 6.10 Å². The standard InChI is InChI=1S/C25H22ClN3O3/c1-14-3-2-4-17(11-14)15-5-7-16(8-6-15)22-18(26)12-19-24(28-22)29-25(27-19)32-21-13-31-20-9-10-30-23(20)21/h2-8,11-12,20-21,23H,9-10,13H2,1H3,(H,27,28,29)/t20-,21-,23+/m1/s1. The molecule has 7 heteroatoms. The van der Waals surface area contributed by atoms with Crippen LogP contribution in [-0.4, -0.2) is 46.5 Å². The first-order valence-corrected chi connectivity index (χ1v) is 11.2. The van der Waals surface area contributed by atoms with Gasteiger partial charge in [-0.3, -0.25) is 0 Å². The van der Waals surface area contributed by atoms with Crippen LogP contribution in [0.4, 0.5) is 0 Å². The van der Waals surface area contributed by atoms with Gasteiger partial charge < -0.3 is 19.2 Å². The lowest BCUT2D eigenvalue weighted by atomic mass is 10.0. The molecule has 0 saturated carbocycles. The van der Waals surface area contributed by atoms with Crippen molar-refractivity contribution in [1.29, 1.82) is 0 Å². The van der Waals surface area contributed by atoms with Crippen LogP contribution in [-0.2, 0) is 9.47 Å². The summed E-state index contributed by atoms with van der Waals surface area (Å²) in [5.74, 6) is 0. The Labute approximate surface area is 190 Å². The predicted molar refractivity (Wildman–Crippen MR) is 123 cm³/mol. The van der Waals surface area contributed by atoms with Gasteiger partial charge in [-0.1, -0.05) is 65.7 Å². The topological polar surface area (TPSA) is 69.3 Å². The molecular weight excluding hydrogens is 426 g/mol. The van der Waals surface area contributed by atoms with Gasteiger partial charge in [0, 0.05) is 12.2 Å². The Hall–Kier alpha value is -2.93. The highest BCUT2D eigenvalue weighted by Gasteiger charge is 2.43. The molecule has 6 rings (SSSR count). The number of hydrogen-bond donors (Lipinski definition) is 1. The molecular formula is C25H22ClN3O3. The van der Waals surface area contributed by atoms with E-state index in [1.165, 1.54) is 11.1 Å². The fourth-order valence-corrected chi connectivity index (χ4v) is 4.73. The summed E-state index contributed by atoms with van der Waals surface area (Å²) in [4.78, 5) is 12.4. The molecule has 32 heavy (non-hydrogen) atoms. The summed E-state index contributed by atoms with van der Waals surface area (Å²) < 4.78 is 17.5. The van der Waals surface area contributed by atoms with Crippen LogP contribution in [0.3, 0.4) is 0 Å². The van der Waals surface area contributed by atoms with E-state index in [9.17, 15) is 0 Å². The van der Waals surface area contributed by atoms with Crippen molar-refractivity contribution in [3.05, 3.63) is 65.2 Å². The van der Waals surface area contributed by atoms with Crippen molar-refractivity contribution < 1.29 is 14.2 Å². The quantitative estimate of drug-likeness (QED) is 0.466. The second-order valence-corrected chi connectivity index (χ2v) is 8.74. The lowest BCUT2D eigenvalue weighted by Crippen LogP contribution is -2.32. The molecule has 0 unspecified atom stereocenters. The molecule has 4 heterocycles. The number of benzene rings is 2. The number of H-pyrrole nitrogens is 1. The van der Waals surface area contributed by atoms with Gasteiger partial charge in [-0.05, 0) is 30.5 Å². The van der Waals surface area contributed by atoms with E-state index in [2.05, 4.69) is 53.3 Å². The SMILES string of the molecule is Cc1cccc(-c2ccc(-c3nc4nc(O[C@@H]5CO[C@@H]6CCO[C@@H]65)[nH]c4cc3Cl)cc2)c1. The molecule has 2 fully saturated rings. The number of aryl methyl sites for hydroxylation is 1. The number of fused-ring (bicyclic) bond motifs is 2. The average molecular weight is 448 g/mol. The first-order chi connectivity index (χ1) is 15.6. The van der Waals surface area contributed by atoms with Crippen molar-refractivity contribution in [1.82, 2.24) is 15.0 Å². The van der Waals surface area contributed by atoms with E-state index in [1.807, 2.05) is 18.2 Å². The number of aromatic amines is 1. The third-order valence-corrected chi connectivity index (χ3v) is 6.39. The number of halogens is 1. The molecule has 2 aromatic heterocycles. The maximum absolute atomic E-state index is 6.58.